The summed E-state index contributed by atoms with van der Waals surface area (Å²) in [6, 6.07) is 17.3. The van der Waals surface area contributed by atoms with Crippen LogP contribution in [0.4, 0.5) is 0 Å². The second kappa shape index (κ2) is 16.0. The molecule has 0 aromatic heterocycles. The zero-order valence-corrected chi connectivity index (χ0v) is 21.3. The van der Waals surface area contributed by atoms with Crippen LogP contribution in [0, 0.1) is 0 Å². The number of hydrogen-bond donors (Lipinski definition) is 1. The van der Waals surface area contributed by atoms with Crippen LogP contribution in [-0.4, -0.2) is 59.5 Å². The first kappa shape index (κ1) is 25.6. The molecular weight excluding hydrogens is 447 g/mol. The predicted molar refractivity (Wildman–Crippen MR) is 144 cm³/mol. The van der Waals surface area contributed by atoms with Crippen molar-refractivity contribution >= 4 is 53.0 Å². The van der Waals surface area contributed by atoms with Crippen molar-refractivity contribution in [3.63, 3.8) is 0 Å². The molecule has 0 heterocycles. The average Bonchev–Trinajstić information content (AvgIpc) is 2.77. The van der Waals surface area contributed by atoms with Crippen LogP contribution >= 0.6 is 47.0 Å². The molecule has 0 fully saturated rings. The topological polar surface area (TPSA) is 29.1 Å². The van der Waals surface area contributed by atoms with Crippen LogP contribution in [0.2, 0.25) is 0 Å². The fraction of sp³-hybridized carbons (Fsp3) is 0.458. The molecule has 0 aliphatic heterocycles. The number of thioether (sulfide) groups is 4. The minimum atomic E-state index is 0.105. The van der Waals surface area contributed by atoms with Gasteiger partial charge in [0.1, 0.15) is 0 Å². The Kier molecular flexibility index (Phi) is 13.7. The van der Waals surface area contributed by atoms with Crippen LogP contribution in [0.15, 0.2) is 48.5 Å². The quantitative estimate of drug-likeness (QED) is 0.329. The van der Waals surface area contributed by atoms with E-state index in [2.05, 4.69) is 66.4 Å². The van der Waals surface area contributed by atoms with Crippen LogP contribution in [0.25, 0.3) is 11.1 Å². The Labute approximate surface area is 199 Å². The highest BCUT2D eigenvalue weighted by atomic mass is 32.2. The van der Waals surface area contributed by atoms with Gasteiger partial charge in [-0.05, 0) is 46.9 Å². The standard InChI is InChI=1S/C24H33NOS4/c1-27-15-17-29-13-11-20-3-7-22(8-4-20)23-9-5-21(6-10-23)19-24(26)25-12-14-30-18-16-28-2/h3-10H,11-19H2,1-2H3,(H,25,26). The lowest BCUT2D eigenvalue weighted by Crippen LogP contribution is -2.27. The van der Waals surface area contributed by atoms with Crippen molar-refractivity contribution < 1.29 is 4.79 Å². The summed E-state index contributed by atoms with van der Waals surface area (Å²) < 4.78 is 0. The van der Waals surface area contributed by atoms with E-state index in [1.54, 1.807) is 0 Å². The fourth-order valence-corrected chi connectivity index (χ4v) is 6.18. The molecule has 6 heteroatoms. The number of rotatable bonds is 15. The number of carbonyl (C=O) groups excluding carboxylic acids is 1. The van der Waals surface area contributed by atoms with Crippen LogP contribution in [-0.2, 0) is 17.6 Å². The number of amides is 1. The smallest absolute Gasteiger partial charge is 0.224 e. The van der Waals surface area contributed by atoms with E-state index < -0.39 is 0 Å². The molecule has 0 aliphatic carbocycles. The first-order chi connectivity index (χ1) is 14.7. The number of nitrogens with one attached hydrogen (secondary N) is 1. The Balaban J connectivity index is 1.73. The average molecular weight is 480 g/mol. The molecule has 2 rings (SSSR count). The monoisotopic (exact) mass is 479 g/mol. The molecule has 0 unspecified atom stereocenters. The SMILES string of the molecule is CSCCSCCNC(=O)Cc1ccc(-c2ccc(CCSCCSC)cc2)cc1. The van der Waals surface area contributed by atoms with Crippen molar-refractivity contribution in [3.05, 3.63) is 59.7 Å². The molecule has 164 valence electrons. The maximum Gasteiger partial charge on any atom is 0.224 e. The van der Waals surface area contributed by atoms with Gasteiger partial charge in [0.25, 0.3) is 0 Å². The van der Waals surface area contributed by atoms with Gasteiger partial charge in [0.05, 0.1) is 6.42 Å². The minimum absolute atomic E-state index is 0.105. The van der Waals surface area contributed by atoms with Crippen molar-refractivity contribution in [3.8, 4) is 11.1 Å². The van der Waals surface area contributed by atoms with Gasteiger partial charge in [-0.15, -0.1) is 0 Å². The highest BCUT2D eigenvalue weighted by Crippen LogP contribution is 2.21. The van der Waals surface area contributed by atoms with E-state index in [4.69, 9.17) is 0 Å². The van der Waals surface area contributed by atoms with Gasteiger partial charge in [0.2, 0.25) is 5.91 Å². The number of aryl methyl sites for hydroxylation is 1. The van der Waals surface area contributed by atoms with Gasteiger partial charge >= 0.3 is 0 Å². The molecule has 0 saturated heterocycles. The van der Waals surface area contributed by atoms with Gasteiger partial charge in [-0.3, -0.25) is 4.79 Å². The van der Waals surface area contributed by atoms with E-state index in [1.165, 1.54) is 39.7 Å². The molecule has 0 saturated carbocycles. The second-order valence-corrected chi connectivity index (χ2v) is 11.3. The maximum atomic E-state index is 12.1. The van der Waals surface area contributed by atoms with Gasteiger partial charge in [0.15, 0.2) is 0 Å². The molecule has 0 radical (unpaired) electrons. The molecular formula is C24H33NOS4. The number of carbonyl (C=O) groups is 1. The molecule has 30 heavy (non-hydrogen) atoms. The summed E-state index contributed by atoms with van der Waals surface area (Å²) in [5.74, 6) is 7.07. The third-order valence-electron chi connectivity index (χ3n) is 4.57. The van der Waals surface area contributed by atoms with Crippen LogP contribution in [0.1, 0.15) is 11.1 Å². The van der Waals surface area contributed by atoms with E-state index >= 15 is 0 Å². The van der Waals surface area contributed by atoms with Gasteiger partial charge < -0.3 is 5.32 Å². The molecule has 2 aromatic rings. The summed E-state index contributed by atoms with van der Waals surface area (Å²) >= 11 is 7.71. The van der Waals surface area contributed by atoms with Gasteiger partial charge in [-0.25, -0.2) is 0 Å². The summed E-state index contributed by atoms with van der Waals surface area (Å²) in [4.78, 5) is 12.1. The van der Waals surface area contributed by atoms with E-state index in [9.17, 15) is 4.79 Å². The lowest BCUT2D eigenvalue weighted by atomic mass is 10.0. The number of benzene rings is 2. The third kappa shape index (κ3) is 10.6. The summed E-state index contributed by atoms with van der Waals surface area (Å²) in [6.45, 7) is 0.748. The Hall–Kier alpha value is -0.690. The summed E-state index contributed by atoms with van der Waals surface area (Å²) in [5.41, 5.74) is 4.89. The molecule has 0 aliphatic rings. The molecule has 1 amide bonds. The Morgan fingerprint density at radius 3 is 1.80 bits per heavy atom. The predicted octanol–water partition coefficient (Wildman–Crippen LogP) is 5.75. The van der Waals surface area contributed by atoms with Crippen molar-refractivity contribution in [1.82, 2.24) is 5.32 Å². The molecule has 2 aromatic carbocycles. The Morgan fingerprint density at radius 2 is 1.23 bits per heavy atom. The molecule has 0 atom stereocenters. The largest absolute Gasteiger partial charge is 0.355 e. The summed E-state index contributed by atoms with van der Waals surface area (Å²) in [6.07, 6.45) is 5.86. The van der Waals surface area contributed by atoms with Crippen LogP contribution in [0.5, 0.6) is 0 Å². The highest BCUT2D eigenvalue weighted by Gasteiger charge is 2.04. The van der Waals surface area contributed by atoms with Gasteiger partial charge in [-0.1, -0.05) is 48.5 Å². The first-order valence-corrected chi connectivity index (χ1v) is 15.4. The van der Waals surface area contributed by atoms with E-state index in [-0.39, 0.29) is 5.91 Å². The third-order valence-corrected chi connectivity index (χ3v) is 8.29. The zero-order valence-electron chi connectivity index (χ0n) is 18.0. The lowest BCUT2D eigenvalue weighted by molar-refractivity contribution is -0.120. The summed E-state index contributed by atoms with van der Waals surface area (Å²) in [7, 11) is 0. The number of hydrogen-bond acceptors (Lipinski definition) is 5. The zero-order chi connectivity index (χ0) is 21.4. The maximum absolute atomic E-state index is 12.1. The van der Waals surface area contributed by atoms with Gasteiger partial charge in [0, 0.05) is 35.3 Å². The first-order valence-electron chi connectivity index (χ1n) is 10.3. The molecule has 0 bridgehead atoms. The molecule has 1 N–H and O–H groups in total. The molecule has 2 nitrogen and oxygen atoms in total. The van der Waals surface area contributed by atoms with Crippen molar-refractivity contribution in [1.29, 1.82) is 0 Å². The van der Waals surface area contributed by atoms with Crippen molar-refractivity contribution in [2.24, 2.45) is 0 Å². The van der Waals surface area contributed by atoms with Crippen LogP contribution in [0.3, 0.4) is 0 Å². The van der Waals surface area contributed by atoms with Gasteiger partial charge in [-0.2, -0.15) is 47.0 Å². The van der Waals surface area contributed by atoms with E-state index in [0.717, 1.165) is 30.0 Å². The van der Waals surface area contributed by atoms with Crippen molar-refractivity contribution in [2.45, 2.75) is 12.8 Å². The Morgan fingerprint density at radius 1 is 0.700 bits per heavy atom. The summed E-state index contributed by atoms with van der Waals surface area (Å²) in [5, 5.41) is 3.02. The fourth-order valence-electron chi connectivity index (χ4n) is 2.87. The molecule has 0 spiro atoms. The minimum Gasteiger partial charge on any atom is -0.355 e. The second-order valence-electron chi connectivity index (χ2n) is 6.88. The highest BCUT2D eigenvalue weighted by molar-refractivity contribution is 8.03. The van der Waals surface area contributed by atoms with Crippen LogP contribution < -0.4 is 5.32 Å². The Bertz CT molecular complexity index is 719. The van der Waals surface area contributed by atoms with Crippen molar-refractivity contribution in [2.75, 3.05) is 53.6 Å². The van der Waals surface area contributed by atoms with E-state index in [1.807, 2.05) is 47.0 Å². The normalized spacial score (nSPS) is 10.9. The lowest BCUT2D eigenvalue weighted by Gasteiger charge is -2.07. The van der Waals surface area contributed by atoms with E-state index in [0.29, 0.717) is 6.42 Å².